The van der Waals surface area contributed by atoms with E-state index in [9.17, 15) is 13.2 Å². The van der Waals surface area contributed by atoms with Crippen molar-refractivity contribution in [2.24, 2.45) is 0 Å². The summed E-state index contributed by atoms with van der Waals surface area (Å²) < 4.78 is 25.8. The van der Waals surface area contributed by atoms with Crippen molar-refractivity contribution in [1.29, 1.82) is 0 Å². The minimum atomic E-state index is -2.99. The predicted molar refractivity (Wildman–Crippen MR) is 48.7 cm³/mol. The van der Waals surface area contributed by atoms with E-state index in [-0.39, 0.29) is 25.2 Å². The van der Waals surface area contributed by atoms with E-state index in [1.807, 2.05) is 0 Å². The molecule has 0 rings (SSSR count). The maximum absolute atomic E-state index is 10.8. The first-order chi connectivity index (χ1) is 5.95. The number of carbonyl (C=O) groups is 1. The van der Waals surface area contributed by atoms with Gasteiger partial charge in [0.2, 0.25) is 0 Å². The molecule has 0 bridgehead atoms. The number of esters is 1. The van der Waals surface area contributed by atoms with Crippen molar-refractivity contribution in [1.82, 2.24) is 0 Å². The lowest BCUT2D eigenvalue weighted by molar-refractivity contribution is -0.142. The second-order valence-electron chi connectivity index (χ2n) is 2.60. The Hall–Kier alpha value is -1.02. The van der Waals surface area contributed by atoms with Crippen LogP contribution in [-0.4, -0.2) is 33.0 Å². The highest BCUT2D eigenvalue weighted by molar-refractivity contribution is 7.90. The molecule has 4 nitrogen and oxygen atoms in total. The predicted octanol–water partition coefficient (Wildman–Crippen LogP) is -0.0124. The monoisotopic (exact) mass is 204 g/mol. The Morgan fingerprint density at radius 2 is 2.15 bits per heavy atom. The van der Waals surface area contributed by atoms with E-state index in [1.54, 1.807) is 0 Å². The zero-order valence-corrected chi connectivity index (χ0v) is 8.26. The zero-order chi connectivity index (χ0) is 10.3. The Morgan fingerprint density at radius 1 is 1.54 bits per heavy atom. The van der Waals surface area contributed by atoms with Crippen LogP contribution in [0, 0.1) is 12.3 Å². The summed E-state index contributed by atoms with van der Waals surface area (Å²) >= 11 is 0. The summed E-state index contributed by atoms with van der Waals surface area (Å²) in [6.45, 7) is -0.0578. The molecule has 0 amide bonds. The van der Waals surface area contributed by atoms with E-state index in [2.05, 4.69) is 10.7 Å². The maximum Gasteiger partial charge on any atom is 0.306 e. The lowest BCUT2D eigenvalue weighted by Gasteiger charge is -1.99. The standard InChI is InChI=1S/C8H12O4S/c1-3-6-12-8(9)5-4-7-13(2,10)11/h1H,4-7H2,2H3. The molecule has 0 aromatic carbocycles. The molecule has 0 aliphatic rings. The van der Waals surface area contributed by atoms with E-state index in [1.165, 1.54) is 0 Å². The molecule has 0 aliphatic carbocycles. The highest BCUT2D eigenvalue weighted by Crippen LogP contribution is 1.96. The molecule has 0 fully saturated rings. The van der Waals surface area contributed by atoms with Crippen LogP contribution in [0.25, 0.3) is 0 Å². The third-order valence-electron chi connectivity index (χ3n) is 1.21. The zero-order valence-electron chi connectivity index (χ0n) is 7.45. The summed E-state index contributed by atoms with van der Waals surface area (Å²) in [6, 6.07) is 0. The fraction of sp³-hybridized carbons (Fsp3) is 0.625. The first kappa shape index (κ1) is 12.0. The van der Waals surface area contributed by atoms with Gasteiger partial charge in [-0.25, -0.2) is 8.42 Å². The molecule has 0 heterocycles. The summed E-state index contributed by atoms with van der Waals surface area (Å²) in [7, 11) is -2.99. The average molecular weight is 204 g/mol. The van der Waals surface area contributed by atoms with Crippen molar-refractivity contribution >= 4 is 15.8 Å². The third kappa shape index (κ3) is 8.89. The van der Waals surface area contributed by atoms with Gasteiger partial charge in [-0.1, -0.05) is 5.92 Å². The minimum Gasteiger partial charge on any atom is -0.452 e. The van der Waals surface area contributed by atoms with Crippen molar-refractivity contribution in [2.45, 2.75) is 12.8 Å². The van der Waals surface area contributed by atoms with Crippen molar-refractivity contribution in [3.63, 3.8) is 0 Å². The van der Waals surface area contributed by atoms with Crippen LogP contribution in [0.15, 0.2) is 0 Å². The van der Waals surface area contributed by atoms with E-state index in [0.29, 0.717) is 0 Å². The maximum atomic E-state index is 10.8. The number of carbonyl (C=O) groups excluding carboxylic acids is 1. The van der Waals surface area contributed by atoms with Crippen molar-refractivity contribution in [3.8, 4) is 12.3 Å². The molecule has 0 saturated heterocycles. The number of hydrogen-bond donors (Lipinski definition) is 0. The smallest absolute Gasteiger partial charge is 0.306 e. The second kappa shape index (κ2) is 5.60. The van der Waals surface area contributed by atoms with Crippen molar-refractivity contribution in [2.75, 3.05) is 18.6 Å². The van der Waals surface area contributed by atoms with E-state index >= 15 is 0 Å². The van der Waals surface area contributed by atoms with Crippen LogP contribution in [0.2, 0.25) is 0 Å². The van der Waals surface area contributed by atoms with Crippen LogP contribution in [0.5, 0.6) is 0 Å². The SMILES string of the molecule is C#CCOC(=O)CCCS(C)(=O)=O. The van der Waals surface area contributed by atoms with Crippen LogP contribution in [-0.2, 0) is 19.4 Å². The molecule has 0 saturated carbocycles. The van der Waals surface area contributed by atoms with Gasteiger partial charge in [-0.3, -0.25) is 4.79 Å². The molecule has 0 atom stereocenters. The van der Waals surface area contributed by atoms with Crippen molar-refractivity contribution in [3.05, 3.63) is 0 Å². The minimum absolute atomic E-state index is 0.00183. The normalized spacial score (nSPS) is 10.5. The van der Waals surface area contributed by atoms with E-state index in [0.717, 1.165) is 6.26 Å². The summed E-state index contributed by atoms with van der Waals surface area (Å²) in [5, 5.41) is 0. The molecule has 0 aliphatic heterocycles. The first-order valence-electron chi connectivity index (χ1n) is 3.72. The molecule has 0 radical (unpaired) electrons. The van der Waals surface area contributed by atoms with E-state index < -0.39 is 15.8 Å². The van der Waals surface area contributed by atoms with Crippen LogP contribution in [0.1, 0.15) is 12.8 Å². The highest BCUT2D eigenvalue weighted by Gasteiger charge is 2.06. The van der Waals surface area contributed by atoms with Crippen molar-refractivity contribution < 1.29 is 17.9 Å². The van der Waals surface area contributed by atoms with Gasteiger partial charge in [0.25, 0.3) is 0 Å². The summed E-state index contributed by atoms with van der Waals surface area (Å²) in [6.07, 6.45) is 6.35. The van der Waals surface area contributed by atoms with Gasteiger partial charge in [0.1, 0.15) is 9.84 Å². The molecule has 0 aromatic heterocycles. The van der Waals surface area contributed by atoms with Gasteiger partial charge in [-0.05, 0) is 6.42 Å². The molecule has 13 heavy (non-hydrogen) atoms. The molecular weight excluding hydrogens is 192 g/mol. The molecule has 0 unspecified atom stereocenters. The number of rotatable bonds is 5. The summed E-state index contributed by atoms with van der Waals surface area (Å²) in [4.78, 5) is 10.8. The van der Waals surface area contributed by atoms with Gasteiger partial charge in [0.15, 0.2) is 6.61 Å². The van der Waals surface area contributed by atoms with Gasteiger partial charge in [0, 0.05) is 12.7 Å². The molecule has 74 valence electrons. The Kier molecular flexibility index (Phi) is 5.16. The Bertz CT molecular complexity index is 297. The molecule has 0 aromatic rings. The Labute approximate surface area is 78.2 Å². The Balaban J connectivity index is 3.56. The number of sulfone groups is 1. The van der Waals surface area contributed by atoms with Gasteiger partial charge in [-0.2, -0.15) is 0 Å². The molecular formula is C8H12O4S. The first-order valence-corrected chi connectivity index (χ1v) is 5.78. The van der Waals surface area contributed by atoms with Crippen LogP contribution < -0.4 is 0 Å². The molecule has 0 spiro atoms. The quantitative estimate of drug-likeness (QED) is 0.466. The highest BCUT2D eigenvalue weighted by atomic mass is 32.2. The molecule has 0 N–H and O–H groups in total. The molecule has 5 heteroatoms. The fourth-order valence-electron chi connectivity index (χ4n) is 0.673. The van der Waals surface area contributed by atoms with Crippen LogP contribution >= 0.6 is 0 Å². The van der Waals surface area contributed by atoms with Crippen LogP contribution in [0.4, 0.5) is 0 Å². The topological polar surface area (TPSA) is 60.4 Å². The largest absolute Gasteiger partial charge is 0.452 e. The number of ether oxygens (including phenoxy) is 1. The van der Waals surface area contributed by atoms with Gasteiger partial charge < -0.3 is 4.74 Å². The summed E-state index contributed by atoms with van der Waals surface area (Å²) in [5.41, 5.74) is 0. The van der Waals surface area contributed by atoms with Gasteiger partial charge in [-0.15, -0.1) is 6.42 Å². The lowest BCUT2D eigenvalue weighted by Crippen LogP contribution is -2.08. The number of hydrogen-bond acceptors (Lipinski definition) is 4. The third-order valence-corrected chi connectivity index (χ3v) is 2.24. The lowest BCUT2D eigenvalue weighted by atomic mass is 10.3. The van der Waals surface area contributed by atoms with Crippen LogP contribution in [0.3, 0.4) is 0 Å². The van der Waals surface area contributed by atoms with E-state index in [4.69, 9.17) is 6.42 Å². The van der Waals surface area contributed by atoms with Gasteiger partial charge in [0.05, 0.1) is 5.75 Å². The second-order valence-corrected chi connectivity index (χ2v) is 4.86. The number of terminal acetylenes is 1. The van der Waals surface area contributed by atoms with Gasteiger partial charge >= 0.3 is 5.97 Å². The Morgan fingerprint density at radius 3 is 2.62 bits per heavy atom. The summed E-state index contributed by atoms with van der Waals surface area (Å²) in [5.74, 6) is 1.69. The fourth-order valence-corrected chi connectivity index (χ4v) is 1.34. The average Bonchev–Trinajstić information content (AvgIpc) is 1.98.